The van der Waals surface area contributed by atoms with Crippen LogP contribution in [0.1, 0.15) is 111 Å². The fourth-order valence-corrected chi connectivity index (χ4v) is 2.88. The van der Waals surface area contributed by atoms with Gasteiger partial charge in [0.05, 0.1) is 12.0 Å². The summed E-state index contributed by atoms with van der Waals surface area (Å²) in [7, 11) is 0. The van der Waals surface area contributed by atoms with Crippen LogP contribution in [0.25, 0.3) is 0 Å². The molecule has 0 radical (unpaired) electrons. The van der Waals surface area contributed by atoms with Crippen LogP contribution in [-0.2, 0) is 9.53 Å². The third-order valence-corrected chi connectivity index (χ3v) is 4.64. The molecule has 132 valence electrons. The van der Waals surface area contributed by atoms with Crippen LogP contribution in [0.4, 0.5) is 0 Å². The molecule has 0 aromatic heterocycles. The van der Waals surface area contributed by atoms with E-state index >= 15 is 0 Å². The van der Waals surface area contributed by atoms with Gasteiger partial charge in [-0.25, -0.2) is 0 Å². The number of carbonyl (C=O) groups excluding carboxylic acids is 1. The van der Waals surface area contributed by atoms with E-state index in [1.807, 2.05) is 0 Å². The molecule has 2 nitrogen and oxygen atoms in total. The number of hydrogen-bond donors (Lipinski definition) is 0. The summed E-state index contributed by atoms with van der Waals surface area (Å²) in [5, 5.41) is 0. The predicted octanol–water partition coefficient (Wildman–Crippen LogP) is 6.67. The molecule has 22 heavy (non-hydrogen) atoms. The van der Waals surface area contributed by atoms with E-state index in [0.29, 0.717) is 6.61 Å². The van der Waals surface area contributed by atoms with Crippen molar-refractivity contribution in [3.63, 3.8) is 0 Å². The van der Waals surface area contributed by atoms with Crippen molar-refractivity contribution in [2.45, 2.75) is 111 Å². The third kappa shape index (κ3) is 10.2. The minimum Gasteiger partial charge on any atom is -0.465 e. The smallest absolute Gasteiger partial charge is 0.311 e. The SMILES string of the molecule is CCCCCCCOC(=O)C(C)(CCCC)CCCCCC. The lowest BCUT2D eigenvalue weighted by atomic mass is 9.80. The Morgan fingerprint density at radius 1 is 0.727 bits per heavy atom. The first-order valence-electron chi connectivity index (χ1n) is 9.78. The van der Waals surface area contributed by atoms with Crippen molar-refractivity contribution in [3.05, 3.63) is 0 Å². The first-order chi connectivity index (χ1) is 10.6. The van der Waals surface area contributed by atoms with Gasteiger partial charge in [0, 0.05) is 0 Å². The summed E-state index contributed by atoms with van der Waals surface area (Å²) in [5.74, 6) is 0.0490. The molecule has 0 fully saturated rings. The molecule has 1 atom stereocenters. The molecule has 0 spiro atoms. The molecule has 0 rings (SSSR count). The zero-order valence-electron chi connectivity index (χ0n) is 15.7. The fraction of sp³-hybridized carbons (Fsp3) is 0.950. The van der Waals surface area contributed by atoms with Gasteiger partial charge in [-0.1, -0.05) is 85.0 Å². The molecule has 0 aromatic rings. The van der Waals surface area contributed by atoms with Crippen LogP contribution in [-0.4, -0.2) is 12.6 Å². The zero-order chi connectivity index (χ0) is 16.7. The Kier molecular flexibility index (Phi) is 13.7. The second-order valence-corrected chi connectivity index (χ2v) is 7.03. The van der Waals surface area contributed by atoms with Crippen molar-refractivity contribution in [1.29, 1.82) is 0 Å². The van der Waals surface area contributed by atoms with Crippen LogP contribution in [0, 0.1) is 5.41 Å². The molecule has 0 aliphatic rings. The van der Waals surface area contributed by atoms with Crippen molar-refractivity contribution in [2.24, 2.45) is 5.41 Å². The Balaban J connectivity index is 4.13. The van der Waals surface area contributed by atoms with Gasteiger partial charge in [-0.2, -0.15) is 0 Å². The van der Waals surface area contributed by atoms with E-state index in [4.69, 9.17) is 4.74 Å². The highest BCUT2D eigenvalue weighted by atomic mass is 16.5. The van der Waals surface area contributed by atoms with Gasteiger partial charge in [0.25, 0.3) is 0 Å². The van der Waals surface area contributed by atoms with Crippen LogP contribution in [0.15, 0.2) is 0 Å². The molecular formula is C20H40O2. The van der Waals surface area contributed by atoms with Crippen molar-refractivity contribution in [3.8, 4) is 0 Å². The van der Waals surface area contributed by atoms with E-state index in [0.717, 1.165) is 38.5 Å². The summed E-state index contributed by atoms with van der Waals surface area (Å²) in [4.78, 5) is 12.5. The van der Waals surface area contributed by atoms with Gasteiger partial charge in [0.1, 0.15) is 0 Å². The summed E-state index contributed by atoms with van der Waals surface area (Å²) >= 11 is 0. The third-order valence-electron chi connectivity index (χ3n) is 4.64. The van der Waals surface area contributed by atoms with Crippen LogP contribution in [0.3, 0.4) is 0 Å². The number of hydrogen-bond acceptors (Lipinski definition) is 2. The minimum absolute atomic E-state index is 0.0490. The zero-order valence-corrected chi connectivity index (χ0v) is 15.7. The lowest BCUT2D eigenvalue weighted by Gasteiger charge is -2.27. The molecule has 1 unspecified atom stereocenters. The first kappa shape index (κ1) is 21.5. The van der Waals surface area contributed by atoms with Gasteiger partial charge >= 0.3 is 5.97 Å². The number of esters is 1. The second kappa shape index (κ2) is 14.1. The molecule has 0 N–H and O–H groups in total. The lowest BCUT2D eigenvalue weighted by molar-refractivity contribution is -0.156. The van der Waals surface area contributed by atoms with Crippen molar-refractivity contribution >= 4 is 5.97 Å². The van der Waals surface area contributed by atoms with Gasteiger partial charge < -0.3 is 4.74 Å². The van der Waals surface area contributed by atoms with Gasteiger partial charge in [0.2, 0.25) is 0 Å². The van der Waals surface area contributed by atoms with E-state index in [1.54, 1.807) is 0 Å². The van der Waals surface area contributed by atoms with E-state index in [2.05, 4.69) is 27.7 Å². The highest BCUT2D eigenvalue weighted by Gasteiger charge is 2.33. The summed E-state index contributed by atoms with van der Waals surface area (Å²) in [6, 6.07) is 0. The maximum Gasteiger partial charge on any atom is 0.311 e. The number of carbonyl (C=O) groups is 1. The highest BCUT2D eigenvalue weighted by Crippen LogP contribution is 2.32. The molecule has 0 saturated heterocycles. The predicted molar refractivity (Wildman–Crippen MR) is 96.1 cm³/mol. The largest absolute Gasteiger partial charge is 0.465 e. The van der Waals surface area contributed by atoms with Crippen LogP contribution >= 0.6 is 0 Å². The molecule has 2 heteroatoms. The molecule has 0 saturated carbocycles. The lowest BCUT2D eigenvalue weighted by Crippen LogP contribution is -2.30. The number of unbranched alkanes of at least 4 members (excludes halogenated alkanes) is 8. The van der Waals surface area contributed by atoms with Crippen LogP contribution in [0.2, 0.25) is 0 Å². The molecule has 0 aliphatic carbocycles. The van der Waals surface area contributed by atoms with E-state index in [9.17, 15) is 4.79 Å². The Labute approximate surface area is 139 Å². The normalized spacial score (nSPS) is 13.8. The highest BCUT2D eigenvalue weighted by molar-refractivity contribution is 5.76. The molecule has 0 heterocycles. The molecular weight excluding hydrogens is 272 g/mol. The standard InChI is InChI=1S/C20H40O2/c1-5-8-11-13-15-18-22-19(21)20(4,16-10-7-3)17-14-12-9-6-2/h5-18H2,1-4H3. The summed E-state index contributed by atoms with van der Waals surface area (Å²) in [5.41, 5.74) is -0.257. The van der Waals surface area contributed by atoms with Crippen LogP contribution < -0.4 is 0 Å². The maximum atomic E-state index is 12.5. The van der Waals surface area contributed by atoms with Gasteiger partial charge in [-0.3, -0.25) is 4.79 Å². The quantitative estimate of drug-likeness (QED) is 0.249. The van der Waals surface area contributed by atoms with Crippen molar-refractivity contribution in [1.82, 2.24) is 0 Å². The number of rotatable bonds is 15. The van der Waals surface area contributed by atoms with E-state index < -0.39 is 0 Å². The van der Waals surface area contributed by atoms with E-state index in [-0.39, 0.29) is 11.4 Å². The maximum absolute atomic E-state index is 12.5. The Bertz CT molecular complexity index is 262. The Morgan fingerprint density at radius 3 is 1.82 bits per heavy atom. The Morgan fingerprint density at radius 2 is 1.23 bits per heavy atom. The second-order valence-electron chi connectivity index (χ2n) is 7.03. The first-order valence-corrected chi connectivity index (χ1v) is 9.78. The summed E-state index contributed by atoms with van der Waals surface area (Å²) in [6.45, 7) is 9.37. The average molecular weight is 313 g/mol. The van der Waals surface area contributed by atoms with Crippen LogP contribution in [0.5, 0.6) is 0 Å². The fourth-order valence-electron chi connectivity index (χ4n) is 2.88. The molecule has 0 aliphatic heterocycles. The summed E-state index contributed by atoms with van der Waals surface area (Å²) in [6.07, 6.45) is 15.2. The molecule has 0 aromatic carbocycles. The Hall–Kier alpha value is -0.530. The number of ether oxygens (including phenoxy) is 1. The van der Waals surface area contributed by atoms with Crippen molar-refractivity contribution < 1.29 is 9.53 Å². The van der Waals surface area contributed by atoms with E-state index in [1.165, 1.54) is 44.9 Å². The monoisotopic (exact) mass is 312 g/mol. The summed E-state index contributed by atoms with van der Waals surface area (Å²) < 4.78 is 5.60. The molecule has 0 bridgehead atoms. The van der Waals surface area contributed by atoms with Gasteiger partial charge in [-0.05, 0) is 26.2 Å². The van der Waals surface area contributed by atoms with Gasteiger partial charge in [0.15, 0.2) is 0 Å². The average Bonchev–Trinajstić information content (AvgIpc) is 2.52. The van der Waals surface area contributed by atoms with Gasteiger partial charge in [-0.15, -0.1) is 0 Å². The minimum atomic E-state index is -0.257. The topological polar surface area (TPSA) is 26.3 Å². The van der Waals surface area contributed by atoms with Crippen molar-refractivity contribution in [2.75, 3.05) is 6.61 Å². The molecule has 0 amide bonds.